The van der Waals surface area contributed by atoms with Gasteiger partial charge in [-0.25, -0.2) is 23.4 Å². The fourth-order valence-corrected chi connectivity index (χ4v) is 8.18. The number of anilines is 1. The molecule has 1 saturated carbocycles. The van der Waals surface area contributed by atoms with E-state index in [1.54, 1.807) is 15.6 Å². The molecule has 0 radical (unpaired) electrons. The molecular weight excluding hydrogens is 518 g/mol. The fourth-order valence-electron chi connectivity index (χ4n) is 5.87. The van der Waals surface area contributed by atoms with Gasteiger partial charge in [0.05, 0.1) is 22.6 Å². The molecule has 10 heteroatoms. The van der Waals surface area contributed by atoms with Crippen LogP contribution in [-0.4, -0.2) is 66.2 Å². The third-order valence-electron chi connectivity index (χ3n) is 8.05. The van der Waals surface area contributed by atoms with Crippen molar-refractivity contribution in [1.82, 2.24) is 19.3 Å². The van der Waals surface area contributed by atoms with Crippen molar-refractivity contribution in [3.63, 3.8) is 0 Å². The Bertz CT molecular complexity index is 1420. The highest BCUT2D eigenvalue weighted by Crippen LogP contribution is 2.52. The molecule has 3 aliphatic rings. The lowest BCUT2D eigenvalue weighted by molar-refractivity contribution is 0.282. The second-order valence-corrected chi connectivity index (χ2v) is 13.7. The normalized spacial score (nSPS) is 23.5. The second kappa shape index (κ2) is 10.5. The fraction of sp³-hybridized carbons (Fsp3) is 0.536. The number of thiazole rings is 1. The molecule has 2 aromatic heterocycles. The van der Waals surface area contributed by atoms with Gasteiger partial charge in [0.15, 0.2) is 0 Å². The molecule has 0 N–H and O–H groups in total. The van der Waals surface area contributed by atoms with E-state index in [1.807, 2.05) is 25.4 Å². The minimum atomic E-state index is -3.15. The predicted octanol–water partition coefficient (Wildman–Crippen LogP) is 4.63. The Hall–Kier alpha value is -2.56. The molecule has 0 amide bonds. The van der Waals surface area contributed by atoms with Crippen molar-refractivity contribution < 1.29 is 13.2 Å². The quantitative estimate of drug-likeness (QED) is 0.362. The van der Waals surface area contributed by atoms with E-state index in [4.69, 9.17) is 9.72 Å². The van der Waals surface area contributed by atoms with Crippen LogP contribution < -0.4 is 9.64 Å². The van der Waals surface area contributed by atoms with Crippen LogP contribution in [0.4, 0.5) is 5.95 Å². The summed E-state index contributed by atoms with van der Waals surface area (Å²) in [5, 5.41) is 0.725. The molecule has 2 aliphatic heterocycles. The number of hydrogen-bond donors (Lipinski definition) is 0. The molecule has 2 fully saturated rings. The monoisotopic (exact) mass is 553 g/mol. The van der Waals surface area contributed by atoms with Crippen molar-refractivity contribution in [2.45, 2.75) is 39.5 Å². The number of rotatable bonds is 10. The summed E-state index contributed by atoms with van der Waals surface area (Å²) in [5.41, 5.74) is 4.49. The lowest BCUT2D eigenvalue weighted by Crippen LogP contribution is -2.36. The van der Waals surface area contributed by atoms with Gasteiger partial charge in [-0.15, -0.1) is 0 Å². The van der Waals surface area contributed by atoms with Gasteiger partial charge in [0, 0.05) is 44.5 Å². The molecule has 4 heterocycles. The third-order valence-corrected chi connectivity index (χ3v) is 11.0. The van der Waals surface area contributed by atoms with Crippen molar-refractivity contribution in [2.75, 3.05) is 43.4 Å². The first-order valence-electron chi connectivity index (χ1n) is 13.7. The van der Waals surface area contributed by atoms with Gasteiger partial charge in [-0.3, -0.25) is 0 Å². The van der Waals surface area contributed by atoms with Gasteiger partial charge in [-0.05, 0) is 59.9 Å². The van der Waals surface area contributed by atoms with Gasteiger partial charge in [0.2, 0.25) is 16.0 Å². The molecule has 202 valence electrons. The summed E-state index contributed by atoms with van der Waals surface area (Å²) in [4.78, 5) is 16.2. The van der Waals surface area contributed by atoms with E-state index in [-0.39, 0.29) is 5.75 Å². The molecule has 0 bridgehead atoms. The van der Waals surface area contributed by atoms with E-state index in [9.17, 15) is 8.42 Å². The number of fused-ring (bicyclic) bond motifs is 2. The summed E-state index contributed by atoms with van der Waals surface area (Å²) in [5.74, 6) is 2.94. The zero-order valence-corrected chi connectivity index (χ0v) is 23.7. The van der Waals surface area contributed by atoms with Gasteiger partial charge in [-0.1, -0.05) is 43.7 Å². The van der Waals surface area contributed by atoms with Crippen LogP contribution in [0.15, 0.2) is 36.7 Å². The minimum absolute atomic E-state index is 0.216. The van der Waals surface area contributed by atoms with Crippen molar-refractivity contribution in [1.29, 1.82) is 0 Å². The second-order valence-electron chi connectivity index (χ2n) is 10.7. The van der Waals surface area contributed by atoms with Crippen LogP contribution in [0.25, 0.3) is 15.8 Å². The number of piperidine rings is 1. The van der Waals surface area contributed by atoms with Crippen molar-refractivity contribution >= 4 is 43.1 Å². The van der Waals surface area contributed by atoms with Crippen LogP contribution in [-0.2, 0) is 16.4 Å². The molecule has 1 aliphatic carbocycles. The molecular formula is C28H35N5O3S2. The molecule has 1 aromatic carbocycles. The largest absolute Gasteiger partial charge is 0.470 e. The number of nitrogens with zero attached hydrogens (tertiary/aromatic N) is 5. The SMILES string of the molecule is CCCc1cnc(N2C[C@@H]3[C@@H](COc4nc5ccc(C6=CCN(S(=O)(=O)CCC)CC6)cc5s4)[C@@H]3C2)nc1. The van der Waals surface area contributed by atoms with Crippen LogP contribution in [0.3, 0.4) is 0 Å². The maximum Gasteiger partial charge on any atom is 0.274 e. The number of aromatic nitrogens is 3. The van der Waals surface area contributed by atoms with Crippen LogP contribution in [0.5, 0.6) is 5.19 Å². The van der Waals surface area contributed by atoms with Crippen LogP contribution >= 0.6 is 11.3 Å². The molecule has 8 nitrogen and oxygen atoms in total. The first-order chi connectivity index (χ1) is 18.4. The summed E-state index contributed by atoms with van der Waals surface area (Å²) in [6.07, 6.45) is 9.49. The van der Waals surface area contributed by atoms with Crippen LogP contribution in [0.1, 0.15) is 44.2 Å². The van der Waals surface area contributed by atoms with Gasteiger partial charge >= 0.3 is 0 Å². The summed E-state index contributed by atoms with van der Waals surface area (Å²) in [6.45, 7) is 7.77. The Morgan fingerprint density at radius 1 is 1.11 bits per heavy atom. The third kappa shape index (κ3) is 5.18. The maximum absolute atomic E-state index is 12.4. The maximum atomic E-state index is 12.4. The Balaban J connectivity index is 1.03. The Kier molecular flexibility index (Phi) is 7.13. The summed E-state index contributed by atoms with van der Waals surface area (Å²) in [6, 6.07) is 6.30. The van der Waals surface area contributed by atoms with Gasteiger partial charge in [-0.2, -0.15) is 4.31 Å². The Morgan fingerprint density at radius 2 is 1.89 bits per heavy atom. The Morgan fingerprint density at radius 3 is 2.58 bits per heavy atom. The molecule has 3 atom stereocenters. The standard InChI is InChI=1S/C28H35N5O3S2/c1-3-5-19-14-29-27(30-15-19)32-16-22-23(17-32)24(22)18-36-28-31-25-7-6-21(13-26(25)37-28)20-8-10-33(11-9-20)38(34,35)12-4-2/h6-8,13-15,22-24H,3-5,9-12,16-18H2,1-2H3/t22-,23+,24+. The summed E-state index contributed by atoms with van der Waals surface area (Å²) in [7, 11) is -3.15. The first-order valence-corrected chi connectivity index (χ1v) is 16.1. The molecule has 6 rings (SSSR count). The number of ether oxygens (including phenoxy) is 1. The van der Waals surface area contributed by atoms with E-state index in [1.165, 1.54) is 11.1 Å². The summed E-state index contributed by atoms with van der Waals surface area (Å²) >= 11 is 1.59. The van der Waals surface area contributed by atoms with Gasteiger partial charge < -0.3 is 9.64 Å². The highest BCUT2D eigenvalue weighted by atomic mass is 32.2. The molecule has 38 heavy (non-hydrogen) atoms. The number of hydrogen-bond acceptors (Lipinski definition) is 8. The van der Waals surface area contributed by atoms with Crippen molar-refractivity contribution in [3.05, 3.63) is 47.8 Å². The minimum Gasteiger partial charge on any atom is -0.470 e. The van der Waals surface area contributed by atoms with Crippen molar-refractivity contribution in [3.8, 4) is 5.19 Å². The first kappa shape index (κ1) is 25.7. The van der Waals surface area contributed by atoms with E-state index >= 15 is 0 Å². The molecule has 3 aromatic rings. The van der Waals surface area contributed by atoms with E-state index in [0.717, 1.165) is 59.3 Å². The number of aryl methyl sites for hydroxylation is 1. The van der Waals surface area contributed by atoms with E-state index < -0.39 is 10.0 Å². The zero-order valence-electron chi connectivity index (χ0n) is 22.0. The van der Waals surface area contributed by atoms with Crippen LogP contribution in [0, 0.1) is 17.8 Å². The predicted molar refractivity (Wildman–Crippen MR) is 152 cm³/mol. The molecule has 1 saturated heterocycles. The average molecular weight is 554 g/mol. The average Bonchev–Trinajstić information content (AvgIpc) is 3.22. The number of sulfonamides is 1. The van der Waals surface area contributed by atoms with Crippen molar-refractivity contribution in [2.24, 2.45) is 17.8 Å². The lowest BCUT2D eigenvalue weighted by Gasteiger charge is -2.25. The summed E-state index contributed by atoms with van der Waals surface area (Å²) < 4.78 is 33.6. The van der Waals surface area contributed by atoms with E-state index in [0.29, 0.717) is 43.9 Å². The highest BCUT2D eigenvalue weighted by molar-refractivity contribution is 7.89. The smallest absolute Gasteiger partial charge is 0.274 e. The highest BCUT2D eigenvalue weighted by Gasteiger charge is 2.56. The van der Waals surface area contributed by atoms with Crippen LogP contribution in [0.2, 0.25) is 0 Å². The molecule has 0 spiro atoms. The molecule has 0 unspecified atom stereocenters. The van der Waals surface area contributed by atoms with E-state index in [2.05, 4.69) is 40.0 Å². The van der Waals surface area contributed by atoms with Gasteiger partial charge in [0.25, 0.3) is 5.19 Å². The topological polar surface area (TPSA) is 88.5 Å². The number of benzene rings is 1. The zero-order chi connectivity index (χ0) is 26.3. The van der Waals surface area contributed by atoms with Gasteiger partial charge in [0.1, 0.15) is 0 Å². The Labute approximate surface area is 228 Å². The lowest BCUT2D eigenvalue weighted by atomic mass is 10.0.